The van der Waals surface area contributed by atoms with E-state index in [1.807, 2.05) is 0 Å². The summed E-state index contributed by atoms with van der Waals surface area (Å²) in [5.41, 5.74) is 7.73. The molecule has 3 aromatic rings. The first-order chi connectivity index (χ1) is 16.6. The summed E-state index contributed by atoms with van der Waals surface area (Å²) in [7, 11) is -3.00. The minimum Gasteiger partial charge on any atom is -0.465 e. The molecule has 0 saturated carbocycles. The number of esters is 1. The molecule has 0 aromatic heterocycles. The normalized spacial score (nSPS) is 15.0. The van der Waals surface area contributed by atoms with Crippen molar-refractivity contribution in [2.24, 2.45) is 5.73 Å². The molecule has 178 valence electrons. The molecule has 0 fully saturated rings. The van der Waals surface area contributed by atoms with Gasteiger partial charge in [-0.2, -0.15) is 13.7 Å². The number of benzene rings is 3. The van der Waals surface area contributed by atoms with E-state index in [1.165, 1.54) is 37.4 Å². The Balaban J connectivity index is 1.71. The third kappa shape index (κ3) is 4.77. The quantitative estimate of drug-likeness (QED) is 0.369. The number of carbonyl (C=O) groups excluding carboxylic acids is 1. The van der Waals surface area contributed by atoms with Crippen LogP contribution >= 0.6 is 23.2 Å². The van der Waals surface area contributed by atoms with Crippen molar-refractivity contribution in [2.45, 2.75) is 10.8 Å². The van der Waals surface area contributed by atoms with E-state index in [4.69, 9.17) is 42.6 Å². The minimum atomic E-state index is -4.28. The predicted octanol–water partition coefficient (Wildman–Crippen LogP) is 4.77. The molecule has 0 bridgehead atoms. The van der Waals surface area contributed by atoms with E-state index < -0.39 is 22.0 Å². The van der Waals surface area contributed by atoms with Crippen molar-refractivity contribution in [2.75, 3.05) is 7.11 Å². The Morgan fingerprint density at radius 1 is 1.09 bits per heavy atom. The Hall–Kier alpha value is -3.71. The van der Waals surface area contributed by atoms with Crippen molar-refractivity contribution < 1.29 is 26.9 Å². The summed E-state index contributed by atoms with van der Waals surface area (Å²) >= 11 is 11.9. The molecule has 0 radical (unpaired) electrons. The molecule has 3 aromatic carbocycles. The lowest BCUT2D eigenvalue weighted by Crippen LogP contribution is -2.21. The number of nitrogens with zero attached hydrogens (tertiary/aromatic N) is 1. The van der Waals surface area contributed by atoms with Crippen LogP contribution in [0.3, 0.4) is 0 Å². The molecule has 2 N–H and O–H groups in total. The lowest BCUT2D eigenvalue weighted by Gasteiger charge is -2.26. The molecule has 1 aliphatic heterocycles. The molecule has 0 spiro atoms. The SMILES string of the molecule is COC(=O)c1ccc(C2C(C#N)=C(N)Oc3cc(OS(=O)(=O)c4ccc(Cl)cc4Cl)ccc32)cc1. The maximum atomic E-state index is 12.8. The first kappa shape index (κ1) is 24.4. The lowest BCUT2D eigenvalue weighted by molar-refractivity contribution is 0.0600. The van der Waals surface area contributed by atoms with Crippen LogP contribution in [0.15, 0.2) is 77.0 Å². The van der Waals surface area contributed by atoms with Gasteiger partial charge in [-0.05, 0) is 42.0 Å². The van der Waals surface area contributed by atoms with Gasteiger partial charge in [-0.1, -0.05) is 41.4 Å². The zero-order chi connectivity index (χ0) is 25.3. The Morgan fingerprint density at radius 2 is 1.80 bits per heavy atom. The smallest absolute Gasteiger partial charge is 0.340 e. The molecule has 11 heteroatoms. The average Bonchev–Trinajstić information content (AvgIpc) is 2.82. The number of fused-ring (bicyclic) bond motifs is 1. The van der Waals surface area contributed by atoms with E-state index in [0.717, 1.165) is 0 Å². The van der Waals surface area contributed by atoms with Crippen LogP contribution in [0, 0.1) is 11.3 Å². The van der Waals surface area contributed by atoms with Gasteiger partial charge in [0.1, 0.15) is 28.0 Å². The number of halogens is 2. The van der Waals surface area contributed by atoms with E-state index in [2.05, 4.69) is 6.07 Å². The number of ether oxygens (including phenoxy) is 2. The Kier molecular flexibility index (Phi) is 6.63. The van der Waals surface area contributed by atoms with Crippen LogP contribution in [0.25, 0.3) is 0 Å². The van der Waals surface area contributed by atoms with Crippen molar-refractivity contribution in [3.63, 3.8) is 0 Å². The number of rotatable bonds is 5. The number of hydrogen-bond acceptors (Lipinski definition) is 8. The van der Waals surface area contributed by atoms with Crippen LogP contribution in [0.4, 0.5) is 0 Å². The average molecular weight is 531 g/mol. The molecular formula is C24H16Cl2N2O6S. The van der Waals surface area contributed by atoms with E-state index >= 15 is 0 Å². The van der Waals surface area contributed by atoms with Gasteiger partial charge in [-0.25, -0.2) is 4.79 Å². The molecule has 1 unspecified atom stereocenters. The topological polar surface area (TPSA) is 129 Å². The van der Waals surface area contributed by atoms with Gasteiger partial charge in [0.25, 0.3) is 0 Å². The van der Waals surface area contributed by atoms with E-state index in [0.29, 0.717) is 16.7 Å². The second-order valence-corrected chi connectivity index (χ2v) is 9.71. The summed E-state index contributed by atoms with van der Waals surface area (Å²) in [6, 6.07) is 16.8. The van der Waals surface area contributed by atoms with Crippen molar-refractivity contribution >= 4 is 39.3 Å². The first-order valence-electron chi connectivity index (χ1n) is 9.94. The highest BCUT2D eigenvalue weighted by atomic mass is 35.5. The van der Waals surface area contributed by atoms with Gasteiger partial charge >= 0.3 is 16.1 Å². The van der Waals surface area contributed by atoms with Crippen molar-refractivity contribution in [1.82, 2.24) is 0 Å². The standard InChI is InChI=1S/C24H16Cl2N2O6S/c1-32-24(29)14-4-2-13(3-5-14)22-17-8-7-16(11-20(17)33-23(28)18(22)12-27)34-35(30,31)21-9-6-15(25)10-19(21)26/h2-11,22H,28H2,1H3. The molecule has 0 aliphatic carbocycles. The van der Waals surface area contributed by atoms with Crippen LogP contribution in [-0.2, 0) is 14.9 Å². The van der Waals surface area contributed by atoms with Gasteiger partial charge in [0.15, 0.2) is 0 Å². The first-order valence-corrected chi connectivity index (χ1v) is 12.1. The van der Waals surface area contributed by atoms with Crippen LogP contribution in [-0.4, -0.2) is 21.5 Å². The summed E-state index contributed by atoms with van der Waals surface area (Å²) in [5, 5.41) is 9.90. The maximum Gasteiger partial charge on any atom is 0.340 e. The van der Waals surface area contributed by atoms with Gasteiger partial charge in [-0.3, -0.25) is 0 Å². The second-order valence-electron chi connectivity index (χ2n) is 7.35. The number of allylic oxidation sites excluding steroid dienone is 1. The summed E-state index contributed by atoms with van der Waals surface area (Å²) in [5.74, 6) is -1.10. The lowest BCUT2D eigenvalue weighted by atomic mass is 9.83. The largest absolute Gasteiger partial charge is 0.465 e. The maximum absolute atomic E-state index is 12.8. The molecule has 0 saturated heterocycles. The molecule has 0 amide bonds. The Morgan fingerprint density at radius 3 is 2.43 bits per heavy atom. The van der Waals surface area contributed by atoms with Crippen LogP contribution < -0.4 is 14.7 Å². The number of carbonyl (C=O) groups is 1. The third-order valence-corrected chi connectivity index (χ3v) is 7.19. The predicted molar refractivity (Wildman–Crippen MR) is 128 cm³/mol. The third-order valence-electron chi connectivity index (χ3n) is 5.22. The Bertz CT molecular complexity index is 1510. The fraction of sp³-hybridized carbons (Fsp3) is 0.0833. The zero-order valence-corrected chi connectivity index (χ0v) is 20.3. The van der Waals surface area contributed by atoms with E-state index in [1.54, 1.807) is 30.3 Å². The summed E-state index contributed by atoms with van der Waals surface area (Å²) in [6.45, 7) is 0. The molecular weight excluding hydrogens is 515 g/mol. The van der Waals surface area contributed by atoms with Gasteiger partial charge in [0, 0.05) is 16.7 Å². The minimum absolute atomic E-state index is 0.0530. The van der Waals surface area contributed by atoms with Crippen LogP contribution in [0.5, 0.6) is 11.5 Å². The number of nitrogens with two attached hydrogens (primary N) is 1. The number of nitriles is 1. The number of hydrogen-bond donors (Lipinski definition) is 1. The molecule has 1 aliphatic rings. The highest BCUT2D eigenvalue weighted by Crippen LogP contribution is 2.43. The molecule has 1 atom stereocenters. The monoisotopic (exact) mass is 530 g/mol. The van der Waals surface area contributed by atoms with Gasteiger partial charge in [0.05, 0.1) is 23.6 Å². The van der Waals surface area contributed by atoms with Crippen LogP contribution in [0.1, 0.15) is 27.4 Å². The van der Waals surface area contributed by atoms with Crippen molar-refractivity contribution in [3.8, 4) is 17.6 Å². The van der Waals surface area contributed by atoms with Crippen molar-refractivity contribution in [1.29, 1.82) is 5.26 Å². The van der Waals surface area contributed by atoms with Gasteiger partial charge < -0.3 is 19.4 Å². The Labute approximate surface area is 211 Å². The highest BCUT2D eigenvalue weighted by Gasteiger charge is 2.31. The van der Waals surface area contributed by atoms with E-state index in [9.17, 15) is 18.5 Å². The van der Waals surface area contributed by atoms with Crippen molar-refractivity contribution in [3.05, 3.63) is 98.9 Å². The summed E-state index contributed by atoms with van der Waals surface area (Å²) in [6.07, 6.45) is 0. The fourth-order valence-corrected chi connectivity index (χ4v) is 5.28. The molecule has 1 heterocycles. The highest BCUT2D eigenvalue weighted by molar-refractivity contribution is 7.87. The number of methoxy groups -OCH3 is 1. The van der Waals surface area contributed by atoms with Gasteiger partial charge in [0.2, 0.25) is 5.88 Å². The van der Waals surface area contributed by atoms with E-state index in [-0.39, 0.29) is 37.9 Å². The molecule has 4 rings (SSSR count). The zero-order valence-electron chi connectivity index (χ0n) is 18.0. The summed E-state index contributed by atoms with van der Waals surface area (Å²) < 4.78 is 41.1. The van der Waals surface area contributed by atoms with Gasteiger partial charge in [-0.15, -0.1) is 0 Å². The fourth-order valence-electron chi connectivity index (χ4n) is 3.61. The second kappa shape index (κ2) is 9.50. The van der Waals surface area contributed by atoms with Crippen LogP contribution in [0.2, 0.25) is 10.0 Å². The molecule has 8 nitrogen and oxygen atoms in total. The molecule has 35 heavy (non-hydrogen) atoms. The summed E-state index contributed by atoms with van der Waals surface area (Å²) in [4.78, 5) is 11.5.